The lowest BCUT2D eigenvalue weighted by molar-refractivity contribution is -0.142. The fourth-order valence-electron chi connectivity index (χ4n) is 2.93. The number of benzene rings is 2. The number of carbonyl (C=O) groups excluding carboxylic acids is 2. The highest BCUT2D eigenvalue weighted by Gasteiger charge is 2.27. The predicted octanol–water partition coefficient (Wildman–Crippen LogP) is 4.53. The van der Waals surface area contributed by atoms with Crippen molar-refractivity contribution in [2.24, 2.45) is 5.92 Å². The molecular weight excluding hydrogens is 400 g/mol. The number of nitrogens with one attached hydrogen (secondary N) is 1. The van der Waals surface area contributed by atoms with Crippen molar-refractivity contribution in [2.75, 3.05) is 13.2 Å². The molecule has 2 aromatic carbocycles. The van der Waals surface area contributed by atoms with Crippen molar-refractivity contribution in [1.82, 2.24) is 10.2 Å². The van der Waals surface area contributed by atoms with Gasteiger partial charge in [-0.2, -0.15) is 0 Å². The average molecular weight is 431 g/mol. The Balaban J connectivity index is 2.18. The smallest absolute Gasteiger partial charge is 0.261 e. The standard InChI is InChI=1S/C24H31ClN2O3/c1-16(2)13-26-24(29)19(5)27(14-20-8-6-7-9-21(20)25)23(28)15-30-22-12-17(3)10-11-18(22)4/h6-12,16,19H,13-15H2,1-5H3,(H,26,29). The third kappa shape index (κ3) is 6.77. The third-order valence-corrected chi connectivity index (χ3v) is 5.21. The second kappa shape index (κ2) is 11.0. The molecule has 2 amide bonds. The summed E-state index contributed by atoms with van der Waals surface area (Å²) in [6, 6.07) is 12.5. The minimum absolute atomic E-state index is 0.156. The van der Waals surface area contributed by atoms with Crippen LogP contribution in [0.3, 0.4) is 0 Å². The first kappa shape index (κ1) is 23.7. The summed E-state index contributed by atoms with van der Waals surface area (Å²) >= 11 is 6.30. The van der Waals surface area contributed by atoms with E-state index in [0.29, 0.717) is 23.2 Å². The topological polar surface area (TPSA) is 58.6 Å². The van der Waals surface area contributed by atoms with Crippen LogP contribution < -0.4 is 10.1 Å². The molecule has 1 N–H and O–H groups in total. The molecule has 162 valence electrons. The van der Waals surface area contributed by atoms with Crippen LogP contribution in [0.15, 0.2) is 42.5 Å². The number of halogens is 1. The number of hydrogen-bond acceptors (Lipinski definition) is 3. The maximum Gasteiger partial charge on any atom is 0.261 e. The molecule has 0 spiro atoms. The molecule has 0 fully saturated rings. The number of rotatable bonds is 9. The minimum Gasteiger partial charge on any atom is -0.483 e. The van der Waals surface area contributed by atoms with Gasteiger partial charge in [0.25, 0.3) is 5.91 Å². The highest BCUT2D eigenvalue weighted by Crippen LogP contribution is 2.21. The van der Waals surface area contributed by atoms with Gasteiger partial charge in [-0.15, -0.1) is 0 Å². The van der Waals surface area contributed by atoms with Crippen LogP contribution in [0, 0.1) is 19.8 Å². The molecule has 0 aromatic heterocycles. The van der Waals surface area contributed by atoms with E-state index >= 15 is 0 Å². The number of amides is 2. The van der Waals surface area contributed by atoms with Gasteiger partial charge in [0.05, 0.1) is 0 Å². The van der Waals surface area contributed by atoms with Gasteiger partial charge in [0, 0.05) is 18.1 Å². The molecule has 0 radical (unpaired) electrons. The highest BCUT2D eigenvalue weighted by atomic mass is 35.5. The number of nitrogens with zero attached hydrogens (tertiary/aromatic N) is 1. The molecule has 0 saturated carbocycles. The Kier molecular flexibility index (Phi) is 8.72. The normalized spacial score (nSPS) is 11.8. The Bertz CT molecular complexity index is 883. The molecule has 30 heavy (non-hydrogen) atoms. The van der Waals surface area contributed by atoms with E-state index in [1.165, 1.54) is 4.90 Å². The Morgan fingerprint density at radius 3 is 2.47 bits per heavy atom. The van der Waals surface area contributed by atoms with Crippen molar-refractivity contribution < 1.29 is 14.3 Å². The van der Waals surface area contributed by atoms with Crippen LogP contribution in [0.5, 0.6) is 5.75 Å². The fourth-order valence-corrected chi connectivity index (χ4v) is 3.13. The molecule has 5 nitrogen and oxygen atoms in total. The van der Waals surface area contributed by atoms with Gasteiger partial charge in [0.15, 0.2) is 6.61 Å². The van der Waals surface area contributed by atoms with E-state index in [4.69, 9.17) is 16.3 Å². The van der Waals surface area contributed by atoms with Crippen molar-refractivity contribution >= 4 is 23.4 Å². The number of hydrogen-bond donors (Lipinski definition) is 1. The summed E-state index contributed by atoms with van der Waals surface area (Å²) in [6.45, 7) is 10.3. The van der Waals surface area contributed by atoms with E-state index < -0.39 is 6.04 Å². The summed E-state index contributed by atoms with van der Waals surface area (Å²) in [6.07, 6.45) is 0. The number of carbonyl (C=O) groups is 2. The van der Waals surface area contributed by atoms with Gasteiger partial charge >= 0.3 is 0 Å². The van der Waals surface area contributed by atoms with Gasteiger partial charge in [-0.3, -0.25) is 9.59 Å². The molecule has 0 saturated heterocycles. The van der Waals surface area contributed by atoms with E-state index in [9.17, 15) is 9.59 Å². The minimum atomic E-state index is -0.658. The van der Waals surface area contributed by atoms with Gasteiger partial charge in [0.1, 0.15) is 11.8 Å². The highest BCUT2D eigenvalue weighted by molar-refractivity contribution is 6.31. The van der Waals surface area contributed by atoms with Crippen LogP contribution in [-0.2, 0) is 16.1 Å². The maximum absolute atomic E-state index is 13.1. The zero-order valence-electron chi connectivity index (χ0n) is 18.4. The summed E-state index contributed by atoms with van der Waals surface area (Å²) in [7, 11) is 0. The van der Waals surface area contributed by atoms with Crippen LogP contribution in [-0.4, -0.2) is 35.9 Å². The first-order valence-electron chi connectivity index (χ1n) is 10.2. The largest absolute Gasteiger partial charge is 0.483 e. The van der Waals surface area contributed by atoms with E-state index in [0.717, 1.165) is 16.7 Å². The Morgan fingerprint density at radius 2 is 1.80 bits per heavy atom. The van der Waals surface area contributed by atoms with Gasteiger partial charge in [0.2, 0.25) is 5.91 Å². The molecule has 1 unspecified atom stereocenters. The molecule has 6 heteroatoms. The lowest BCUT2D eigenvalue weighted by atomic mass is 10.1. The van der Waals surface area contributed by atoms with Crippen LogP contribution in [0.1, 0.15) is 37.5 Å². The fraction of sp³-hybridized carbons (Fsp3) is 0.417. The molecule has 0 bridgehead atoms. The first-order chi connectivity index (χ1) is 14.2. The van der Waals surface area contributed by atoms with Crippen molar-refractivity contribution in [3.05, 3.63) is 64.2 Å². The van der Waals surface area contributed by atoms with Crippen LogP contribution in [0.4, 0.5) is 0 Å². The van der Waals surface area contributed by atoms with E-state index in [2.05, 4.69) is 5.32 Å². The van der Waals surface area contributed by atoms with Gasteiger partial charge in [-0.25, -0.2) is 0 Å². The third-order valence-electron chi connectivity index (χ3n) is 4.85. The van der Waals surface area contributed by atoms with Crippen molar-refractivity contribution in [3.63, 3.8) is 0 Å². The van der Waals surface area contributed by atoms with Gasteiger partial charge in [-0.1, -0.05) is 55.8 Å². The van der Waals surface area contributed by atoms with Gasteiger partial charge < -0.3 is 15.0 Å². The van der Waals surface area contributed by atoms with E-state index in [-0.39, 0.29) is 25.0 Å². The molecule has 2 rings (SSSR count). The van der Waals surface area contributed by atoms with Gasteiger partial charge in [-0.05, 0) is 55.5 Å². The zero-order valence-corrected chi connectivity index (χ0v) is 19.1. The zero-order chi connectivity index (χ0) is 22.3. The summed E-state index contributed by atoms with van der Waals surface area (Å²) in [5, 5.41) is 3.46. The predicted molar refractivity (Wildman–Crippen MR) is 121 cm³/mol. The summed E-state index contributed by atoms with van der Waals surface area (Å²) in [5.41, 5.74) is 2.79. The Hall–Kier alpha value is -2.53. The average Bonchev–Trinajstić information content (AvgIpc) is 2.71. The SMILES string of the molecule is Cc1ccc(C)c(OCC(=O)N(Cc2ccccc2Cl)C(C)C(=O)NCC(C)C)c1. The Labute approximate surface area is 184 Å². The summed E-state index contributed by atoms with van der Waals surface area (Å²) < 4.78 is 5.80. The number of aryl methyl sites for hydroxylation is 2. The van der Waals surface area contributed by atoms with Crippen molar-refractivity contribution in [2.45, 2.75) is 47.2 Å². The van der Waals surface area contributed by atoms with Crippen molar-refractivity contribution in [1.29, 1.82) is 0 Å². The first-order valence-corrected chi connectivity index (χ1v) is 10.6. The van der Waals surface area contributed by atoms with Crippen molar-refractivity contribution in [3.8, 4) is 5.75 Å². The lowest BCUT2D eigenvalue weighted by Gasteiger charge is -2.29. The molecule has 0 aliphatic carbocycles. The molecule has 0 aliphatic rings. The number of ether oxygens (including phenoxy) is 1. The molecule has 1 atom stereocenters. The van der Waals surface area contributed by atoms with E-state index in [1.807, 2.05) is 64.1 Å². The second-order valence-electron chi connectivity index (χ2n) is 7.99. The lowest BCUT2D eigenvalue weighted by Crippen LogP contribution is -2.49. The Morgan fingerprint density at radius 1 is 1.10 bits per heavy atom. The van der Waals surface area contributed by atoms with Crippen LogP contribution >= 0.6 is 11.6 Å². The maximum atomic E-state index is 13.1. The molecule has 0 heterocycles. The summed E-state index contributed by atoms with van der Waals surface area (Å²) in [5.74, 6) is 0.512. The quantitative estimate of drug-likeness (QED) is 0.636. The van der Waals surface area contributed by atoms with Crippen LogP contribution in [0.25, 0.3) is 0 Å². The molecule has 0 aliphatic heterocycles. The van der Waals surface area contributed by atoms with Crippen LogP contribution in [0.2, 0.25) is 5.02 Å². The molecular formula is C24H31ClN2O3. The molecule has 2 aromatic rings. The summed E-state index contributed by atoms with van der Waals surface area (Å²) in [4.78, 5) is 27.3. The monoisotopic (exact) mass is 430 g/mol. The second-order valence-corrected chi connectivity index (χ2v) is 8.39. The van der Waals surface area contributed by atoms with E-state index in [1.54, 1.807) is 13.0 Å².